The van der Waals surface area contributed by atoms with Gasteiger partial charge in [-0.3, -0.25) is 4.79 Å². The van der Waals surface area contributed by atoms with E-state index >= 15 is 0 Å². The molecule has 2 saturated carbocycles. The molecule has 0 N–H and O–H groups in total. The number of hydrogen-bond donors (Lipinski definition) is 0. The number of rotatable bonds is 2. The maximum absolute atomic E-state index is 12.5. The van der Waals surface area contributed by atoms with E-state index in [-0.39, 0.29) is 18.0 Å². The fourth-order valence-corrected chi connectivity index (χ4v) is 5.32. The summed E-state index contributed by atoms with van der Waals surface area (Å²) in [4.78, 5) is 31.9. The van der Waals surface area contributed by atoms with Gasteiger partial charge in [0.2, 0.25) is 5.91 Å². The molecule has 28 heavy (non-hydrogen) atoms. The molecule has 1 aliphatic heterocycles. The molecular weight excluding hydrogens is 350 g/mol. The third-order valence-corrected chi connectivity index (χ3v) is 7.30. The SMILES string of the molecule is CC(=O)N1CCC(N(C)C(=O)/N=C\C2CCC3(CC2)C2=CC=CC=CC23)CC1. The van der Waals surface area contributed by atoms with Gasteiger partial charge in [0.25, 0.3) is 0 Å². The van der Waals surface area contributed by atoms with Crippen LogP contribution < -0.4 is 0 Å². The van der Waals surface area contributed by atoms with Crippen molar-refractivity contribution in [2.75, 3.05) is 20.1 Å². The minimum Gasteiger partial charge on any atom is -0.343 e. The molecule has 1 atom stereocenters. The van der Waals surface area contributed by atoms with Crippen molar-refractivity contribution >= 4 is 18.2 Å². The summed E-state index contributed by atoms with van der Waals surface area (Å²) in [7, 11) is 1.84. The summed E-state index contributed by atoms with van der Waals surface area (Å²) in [5.74, 6) is 1.16. The molecule has 4 aliphatic rings. The summed E-state index contributed by atoms with van der Waals surface area (Å²) in [5, 5.41) is 0. The van der Waals surface area contributed by atoms with Crippen molar-refractivity contribution in [3.63, 3.8) is 0 Å². The van der Waals surface area contributed by atoms with E-state index in [0.717, 1.165) is 38.8 Å². The molecule has 4 rings (SSSR count). The van der Waals surface area contributed by atoms with Gasteiger partial charge >= 0.3 is 6.03 Å². The zero-order valence-electron chi connectivity index (χ0n) is 17.0. The number of likely N-dealkylation sites (tertiary alicyclic amines) is 1. The van der Waals surface area contributed by atoms with Crippen LogP contribution in [0.1, 0.15) is 45.4 Å². The normalized spacial score (nSPS) is 32.2. The van der Waals surface area contributed by atoms with Crippen LogP contribution in [0.25, 0.3) is 0 Å². The second kappa shape index (κ2) is 7.69. The van der Waals surface area contributed by atoms with Crippen molar-refractivity contribution in [1.29, 1.82) is 0 Å². The first-order valence-corrected chi connectivity index (χ1v) is 10.6. The number of amides is 3. The third kappa shape index (κ3) is 3.59. The van der Waals surface area contributed by atoms with E-state index < -0.39 is 0 Å². The van der Waals surface area contributed by atoms with Crippen molar-refractivity contribution in [2.24, 2.45) is 22.2 Å². The van der Waals surface area contributed by atoms with Crippen LogP contribution in [0, 0.1) is 17.3 Å². The zero-order valence-corrected chi connectivity index (χ0v) is 17.0. The molecule has 3 fully saturated rings. The molecule has 5 nitrogen and oxygen atoms in total. The zero-order chi connectivity index (χ0) is 19.7. The molecule has 1 saturated heterocycles. The van der Waals surface area contributed by atoms with Gasteiger partial charge in [0.1, 0.15) is 0 Å². The van der Waals surface area contributed by atoms with Gasteiger partial charge in [0.15, 0.2) is 0 Å². The number of fused-ring (bicyclic) bond motifs is 3. The summed E-state index contributed by atoms with van der Waals surface area (Å²) in [6.45, 7) is 3.06. The molecule has 5 heteroatoms. The number of nitrogens with zero attached hydrogens (tertiary/aromatic N) is 3. The number of aliphatic imine (C=N–C) groups is 1. The number of carbonyl (C=O) groups excluding carboxylic acids is 2. The molecule has 3 aliphatic carbocycles. The molecule has 0 radical (unpaired) electrons. The van der Waals surface area contributed by atoms with Crippen LogP contribution in [0.15, 0.2) is 40.9 Å². The predicted molar refractivity (Wildman–Crippen MR) is 111 cm³/mol. The summed E-state index contributed by atoms with van der Waals surface area (Å²) >= 11 is 0. The Balaban J connectivity index is 1.26. The quantitative estimate of drug-likeness (QED) is 0.680. The van der Waals surface area contributed by atoms with E-state index in [1.54, 1.807) is 17.4 Å². The highest BCUT2D eigenvalue weighted by Gasteiger charge is 2.58. The molecular formula is C23H31N3O2. The van der Waals surface area contributed by atoms with Gasteiger partial charge in [0.05, 0.1) is 0 Å². The number of allylic oxidation sites excluding steroid dienone is 6. The van der Waals surface area contributed by atoms with Crippen molar-refractivity contribution in [3.8, 4) is 0 Å². The van der Waals surface area contributed by atoms with Gasteiger partial charge in [0, 0.05) is 50.7 Å². The van der Waals surface area contributed by atoms with Crippen LogP contribution >= 0.6 is 0 Å². The predicted octanol–water partition coefficient (Wildman–Crippen LogP) is 3.98. The highest BCUT2D eigenvalue weighted by Crippen LogP contribution is 2.67. The van der Waals surface area contributed by atoms with Gasteiger partial charge in [-0.1, -0.05) is 36.0 Å². The number of piperidine rings is 1. The van der Waals surface area contributed by atoms with E-state index in [4.69, 9.17) is 0 Å². The van der Waals surface area contributed by atoms with Gasteiger partial charge in [-0.2, -0.15) is 0 Å². The van der Waals surface area contributed by atoms with Crippen molar-refractivity contribution in [1.82, 2.24) is 9.80 Å². The molecule has 1 unspecified atom stereocenters. The summed E-state index contributed by atoms with van der Waals surface area (Å²) in [6.07, 6.45) is 19.3. The smallest absolute Gasteiger partial charge is 0.343 e. The Morgan fingerprint density at radius 1 is 1.14 bits per heavy atom. The van der Waals surface area contributed by atoms with E-state index in [9.17, 15) is 9.59 Å². The molecule has 150 valence electrons. The third-order valence-electron chi connectivity index (χ3n) is 7.30. The lowest BCUT2D eigenvalue weighted by Gasteiger charge is -2.35. The van der Waals surface area contributed by atoms with Crippen molar-refractivity contribution < 1.29 is 9.59 Å². The van der Waals surface area contributed by atoms with Crippen LogP contribution in [0.2, 0.25) is 0 Å². The second-order valence-electron chi connectivity index (χ2n) is 8.77. The molecule has 0 aromatic heterocycles. The Bertz CT molecular complexity index is 748. The summed E-state index contributed by atoms with van der Waals surface area (Å²) in [6, 6.07) is 0.0362. The minimum absolute atomic E-state index is 0.119. The van der Waals surface area contributed by atoms with E-state index in [0.29, 0.717) is 17.3 Å². The van der Waals surface area contributed by atoms with Crippen LogP contribution in [-0.2, 0) is 4.79 Å². The topological polar surface area (TPSA) is 53.0 Å². The Morgan fingerprint density at radius 2 is 1.86 bits per heavy atom. The van der Waals surface area contributed by atoms with Crippen LogP contribution in [-0.4, -0.2) is 54.1 Å². The number of carbonyl (C=O) groups is 2. The van der Waals surface area contributed by atoms with Gasteiger partial charge in [-0.05, 0) is 44.4 Å². The lowest BCUT2D eigenvalue weighted by Crippen LogP contribution is -2.46. The minimum atomic E-state index is -0.145. The Labute approximate surface area is 167 Å². The van der Waals surface area contributed by atoms with Crippen LogP contribution in [0.5, 0.6) is 0 Å². The first kappa shape index (κ1) is 19.2. The lowest BCUT2D eigenvalue weighted by molar-refractivity contribution is -0.130. The highest BCUT2D eigenvalue weighted by molar-refractivity contribution is 5.84. The molecule has 0 aromatic rings. The second-order valence-corrected chi connectivity index (χ2v) is 8.77. The monoisotopic (exact) mass is 381 g/mol. The molecule has 1 heterocycles. The fraction of sp³-hybridized carbons (Fsp3) is 0.609. The molecule has 1 spiro atoms. The summed E-state index contributed by atoms with van der Waals surface area (Å²) in [5.41, 5.74) is 2.00. The average molecular weight is 382 g/mol. The molecule has 3 amide bonds. The van der Waals surface area contributed by atoms with Gasteiger partial charge in [-0.15, -0.1) is 0 Å². The lowest BCUT2D eigenvalue weighted by atomic mass is 9.78. The van der Waals surface area contributed by atoms with Crippen molar-refractivity contribution in [3.05, 3.63) is 36.0 Å². The number of urea groups is 1. The maximum Gasteiger partial charge on any atom is 0.343 e. The van der Waals surface area contributed by atoms with E-state index in [2.05, 4.69) is 35.4 Å². The maximum atomic E-state index is 12.5. The first-order chi connectivity index (χ1) is 13.5. The van der Waals surface area contributed by atoms with Crippen molar-refractivity contribution in [2.45, 2.75) is 51.5 Å². The average Bonchev–Trinajstić information content (AvgIpc) is 3.38. The Morgan fingerprint density at radius 3 is 2.54 bits per heavy atom. The van der Waals surface area contributed by atoms with Gasteiger partial charge < -0.3 is 9.80 Å². The largest absolute Gasteiger partial charge is 0.343 e. The number of hydrogen-bond acceptors (Lipinski definition) is 2. The van der Waals surface area contributed by atoms with Crippen LogP contribution in [0.3, 0.4) is 0 Å². The van der Waals surface area contributed by atoms with Gasteiger partial charge in [-0.25, -0.2) is 9.79 Å². The van der Waals surface area contributed by atoms with E-state index in [1.807, 2.05) is 18.2 Å². The standard InChI is InChI=1S/C23H31N3O2/c1-17(27)26-14-10-19(11-15-26)25(2)22(28)24-16-18-8-12-23(13-9-18)20-6-4-3-5-7-21(20)23/h3-7,16,18-20H,8-15H2,1-2H3/b24-16-. The van der Waals surface area contributed by atoms with Crippen LogP contribution in [0.4, 0.5) is 4.79 Å². The Hall–Kier alpha value is -2.17. The molecule has 0 bridgehead atoms. The summed E-state index contributed by atoms with van der Waals surface area (Å²) < 4.78 is 0. The fourth-order valence-electron chi connectivity index (χ4n) is 5.32. The van der Waals surface area contributed by atoms with E-state index in [1.165, 1.54) is 12.8 Å². The molecule has 0 aromatic carbocycles. The highest BCUT2D eigenvalue weighted by atomic mass is 16.2. The Kier molecular flexibility index (Phi) is 5.26. The first-order valence-electron chi connectivity index (χ1n) is 10.6.